The Morgan fingerprint density at radius 3 is 2.65 bits per heavy atom. The molecule has 0 saturated carbocycles. The molecule has 0 aliphatic rings. The van der Waals surface area contributed by atoms with Gasteiger partial charge in [0.25, 0.3) is 0 Å². The van der Waals surface area contributed by atoms with E-state index in [4.69, 9.17) is 16.3 Å². The fourth-order valence-electron chi connectivity index (χ4n) is 2.73. The Bertz CT molecular complexity index is 1230. The Morgan fingerprint density at radius 2 is 2.03 bits per heavy atom. The van der Waals surface area contributed by atoms with Crippen molar-refractivity contribution in [3.8, 4) is 17.1 Å². The molecule has 3 rings (SSSR count). The Labute approximate surface area is 182 Å². The van der Waals surface area contributed by atoms with Gasteiger partial charge in [0.2, 0.25) is 10.0 Å². The van der Waals surface area contributed by atoms with Gasteiger partial charge in [-0.1, -0.05) is 28.9 Å². The number of nitrogens with zero attached hydrogens (tertiary/aromatic N) is 5. The minimum Gasteiger partial charge on any atom is -0.408 e. The van der Waals surface area contributed by atoms with Crippen LogP contribution in [0, 0.1) is 5.82 Å². The van der Waals surface area contributed by atoms with Crippen molar-refractivity contribution >= 4 is 39.2 Å². The topological polar surface area (TPSA) is 119 Å². The zero-order valence-electron chi connectivity index (χ0n) is 16.7. The fourth-order valence-corrected chi connectivity index (χ4v) is 3.45. The van der Waals surface area contributed by atoms with Gasteiger partial charge in [-0.2, -0.15) is 0 Å². The third-order valence-corrected chi connectivity index (χ3v) is 4.91. The second-order valence-corrected chi connectivity index (χ2v) is 8.51. The quantitative estimate of drug-likeness (QED) is 0.590. The Balaban J connectivity index is 1.97. The van der Waals surface area contributed by atoms with Gasteiger partial charge in [-0.25, -0.2) is 27.3 Å². The smallest absolute Gasteiger partial charge is 0.408 e. The number of anilines is 2. The second-order valence-electron chi connectivity index (χ2n) is 6.36. The summed E-state index contributed by atoms with van der Waals surface area (Å²) >= 11 is 6.05. The highest BCUT2D eigenvalue weighted by molar-refractivity contribution is 7.92. The minimum absolute atomic E-state index is 0.0242. The van der Waals surface area contributed by atoms with E-state index in [9.17, 15) is 17.6 Å². The zero-order chi connectivity index (χ0) is 22.8. The maximum Gasteiger partial charge on any atom is 0.421 e. The molecule has 0 atom stereocenters. The number of aromatic nitrogens is 4. The SMILES string of the molecule is CCN(C(=O)Oc1ccccc1Cl)c1c(-c2ncc(NS(C)(=O)=O)cc2F)nnn1C. The first kappa shape index (κ1) is 22.4. The molecule has 0 spiro atoms. The Hall–Kier alpha value is -3.25. The average Bonchev–Trinajstić information content (AvgIpc) is 3.04. The highest BCUT2D eigenvalue weighted by Crippen LogP contribution is 2.31. The van der Waals surface area contributed by atoms with Crippen LogP contribution in [0.5, 0.6) is 5.75 Å². The lowest BCUT2D eigenvalue weighted by molar-refractivity contribution is 0.207. The number of amides is 1. The second kappa shape index (κ2) is 8.86. The molecule has 0 aliphatic carbocycles. The Morgan fingerprint density at radius 1 is 1.32 bits per heavy atom. The summed E-state index contributed by atoms with van der Waals surface area (Å²) < 4.78 is 46.2. The van der Waals surface area contributed by atoms with Gasteiger partial charge >= 0.3 is 6.09 Å². The van der Waals surface area contributed by atoms with Crippen molar-refractivity contribution in [2.45, 2.75) is 6.92 Å². The van der Waals surface area contributed by atoms with Crippen molar-refractivity contribution < 1.29 is 22.3 Å². The van der Waals surface area contributed by atoms with E-state index in [1.165, 1.54) is 22.7 Å². The van der Waals surface area contributed by atoms with Crippen LogP contribution in [0.4, 0.5) is 20.7 Å². The molecule has 31 heavy (non-hydrogen) atoms. The van der Waals surface area contributed by atoms with E-state index in [-0.39, 0.29) is 40.2 Å². The third kappa shape index (κ3) is 5.09. The average molecular weight is 469 g/mol. The number of para-hydroxylation sites is 1. The molecule has 0 radical (unpaired) electrons. The van der Waals surface area contributed by atoms with Crippen LogP contribution in [0.2, 0.25) is 5.02 Å². The van der Waals surface area contributed by atoms with Gasteiger partial charge in [0.05, 0.1) is 23.2 Å². The summed E-state index contributed by atoms with van der Waals surface area (Å²) in [5.74, 6) is -0.564. The van der Waals surface area contributed by atoms with E-state index in [1.54, 1.807) is 25.1 Å². The predicted octanol–water partition coefficient (Wildman–Crippen LogP) is 3.07. The van der Waals surface area contributed by atoms with E-state index >= 15 is 0 Å². The maximum absolute atomic E-state index is 14.7. The van der Waals surface area contributed by atoms with E-state index in [1.807, 2.05) is 0 Å². The molecule has 0 saturated heterocycles. The number of rotatable bonds is 6. The predicted molar refractivity (Wildman–Crippen MR) is 113 cm³/mol. The van der Waals surface area contributed by atoms with Gasteiger partial charge in [-0.3, -0.25) is 9.62 Å². The van der Waals surface area contributed by atoms with Crippen LogP contribution < -0.4 is 14.4 Å². The molecule has 2 aromatic heterocycles. The normalized spacial score (nSPS) is 11.3. The fraction of sp³-hybridized carbons (Fsp3) is 0.222. The molecule has 13 heteroatoms. The van der Waals surface area contributed by atoms with E-state index < -0.39 is 21.9 Å². The van der Waals surface area contributed by atoms with Crippen LogP contribution >= 0.6 is 11.6 Å². The molecule has 1 amide bonds. The Kier molecular flexibility index (Phi) is 6.41. The summed E-state index contributed by atoms with van der Waals surface area (Å²) in [6.07, 6.45) is 1.29. The lowest BCUT2D eigenvalue weighted by Crippen LogP contribution is -2.35. The summed E-state index contributed by atoms with van der Waals surface area (Å²) in [7, 11) is -2.08. The van der Waals surface area contributed by atoms with Crippen LogP contribution in [0.25, 0.3) is 11.4 Å². The summed E-state index contributed by atoms with van der Waals surface area (Å²) in [5.41, 5.74) is -0.297. The van der Waals surface area contributed by atoms with E-state index in [0.29, 0.717) is 0 Å². The number of pyridine rings is 1. The highest BCUT2D eigenvalue weighted by atomic mass is 35.5. The number of benzene rings is 1. The summed E-state index contributed by atoms with van der Waals surface area (Å²) in [6, 6.07) is 7.42. The molecular weight excluding hydrogens is 451 g/mol. The lowest BCUT2D eigenvalue weighted by atomic mass is 10.2. The number of aryl methyl sites for hydroxylation is 1. The number of ether oxygens (including phenoxy) is 1. The van der Waals surface area contributed by atoms with Crippen molar-refractivity contribution in [1.29, 1.82) is 0 Å². The van der Waals surface area contributed by atoms with Crippen molar-refractivity contribution in [2.24, 2.45) is 7.05 Å². The molecule has 164 valence electrons. The van der Waals surface area contributed by atoms with Crippen molar-refractivity contribution in [3.05, 3.63) is 47.4 Å². The van der Waals surface area contributed by atoms with Gasteiger partial charge < -0.3 is 4.74 Å². The van der Waals surface area contributed by atoms with Crippen LogP contribution in [0.15, 0.2) is 36.5 Å². The lowest BCUT2D eigenvalue weighted by Gasteiger charge is -2.21. The highest BCUT2D eigenvalue weighted by Gasteiger charge is 2.28. The molecule has 0 unspecified atom stereocenters. The van der Waals surface area contributed by atoms with Gasteiger partial charge in [0.15, 0.2) is 23.1 Å². The minimum atomic E-state index is -3.61. The summed E-state index contributed by atoms with van der Waals surface area (Å²) in [6.45, 7) is 1.83. The first-order valence-electron chi connectivity index (χ1n) is 8.88. The van der Waals surface area contributed by atoms with E-state index in [2.05, 4.69) is 20.0 Å². The first-order chi connectivity index (χ1) is 14.6. The first-order valence-corrected chi connectivity index (χ1v) is 11.1. The monoisotopic (exact) mass is 468 g/mol. The standard InChI is InChI=1S/C18H18ClFN6O4S/c1-4-26(18(27)30-14-8-6-5-7-12(14)19)17-16(22-24-25(17)2)15-13(20)9-11(10-21-15)23-31(3,28)29/h5-10,23H,4H2,1-3H3. The van der Waals surface area contributed by atoms with Gasteiger partial charge in [-0.05, 0) is 19.1 Å². The van der Waals surface area contributed by atoms with Gasteiger partial charge in [-0.15, -0.1) is 5.10 Å². The molecule has 10 nitrogen and oxygen atoms in total. The van der Waals surface area contributed by atoms with Crippen molar-refractivity contribution in [1.82, 2.24) is 20.0 Å². The number of carbonyl (C=O) groups excluding carboxylic acids is 1. The molecule has 0 fully saturated rings. The number of carbonyl (C=O) groups is 1. The number of sulfonamides is 1. The zero-order valence-corrected chi connectivity index (χ0v) is 18.3. The van der Waals surface area contributed by atoms with Crippen LogP contribution in [-0.4, -0.2) is 47.3 Å². The molecular formula is C18H18ClFN6O4S. The van der Waals surface area contributed by atoms with Crippen LogP contribution in [-0.2, 0) is 17.1 Å². The largest absolute Gasteiger partial charge is 0.421 e. The van der Waals surface area contributed by atoms with Crippen LogP contribution in [0.1, 0.15) is 6.92 Å². The summed E-state index contributed by atoms with van der Waals surface area (Å²) in [5, 5.41) is 8.04. The number of hydrogen-bond donors (Lipinski definition) is 1. The number of nitrogens with one attached hydrogen (secondary N) is 1. The molecule has 2 heterocycles. The number of hydrogen-bond acceptors (Lipinski definition) is 7. The number of halogens is 2. The molecule has 0 aliphatic heterocycles. The molecule has 0 bridgehead atoms. The summed E-state index contributed by atoms with van der Waals surface area (Å²) in [4.78, 5) is 18.0. The molecule has 3 aromatic rings. The van der Waals surface area contributed by atoms with Crippen molar-refractivity contribution in [3.63, 3.8) is 0 Å². The molecule has 1 aromatic carbocycles. The van der Waals surface area contributed by atoms with Gasteiger partial charge in [0, 0.05) is 19.7 Å². The maximum atomic E-state index is 14.7. The third-order valence-electron chi connectivity index (χ3n) is 3.99. The van der Waals surface area contributed by atoms with Gasteiger partial charge in [0.1, 0.15) is 5.69 Å². The van der Waals surface area contributed by atoms with E-state index in [0.717, 1.165) is 18.5 Å². The molecule has 1 N–H and O–H groups in total. The van der Waals surface area contributed by atoms with Crippen molar-refractivity contribution in [2.75, 3.05) is 22.4 Å². The van der Waals surface area contributed by atoms with Crippen LogP contribution in [0.3, 0.4) is 0 Å².